The zero-order chi connectivity index (χ0) is 17.4. The number of rotatable bonds is 3. The maximum absolute atomic E-state index is 13.0. The van der Waals surface area contributed by atoms with Crippen molar-refractivity contribution in [3.05, 3.63) is 63.1 Å². The Hall–Kier alpha value is -2.96. The smallest absolute Gasteiger partial charge is 0.280 e. The van der Waals surface area contributed by atoms with E-state index in [0.717, 1.165) is 17.1 Å². The molecule has 0 unspecified atom stereocenters. The average molecular weight is 327 g/mol. The Balaban J connectivity index is 2.02. The number of halogens is 1. The van der Waals surface area contributed by atoms with E-state index in [1.807, 2.05) is 20.9 Å². The molecule has 3 aromatic rings. The van der Waals surface area contributed by atoms with Crippen molar-refractivity contribution in [3.63, 3.8) is 0 Å². The van der Waals surface area contributed by atoms with Crippen molar-refractivity contribution in [3.8, 4) is 5.69 Å². The van der Waals surface area contributed by atoms with Gasteiger partial charge in [0.05, 0.1) is 22.6 Å². The number of aromatic amines is 1. The molecule has 0 atom stereocenters. The van der Waals surface area contributed by atoms with Crippen molar-refractivity contribution in [2.45, 2.75) is 20.8 Å². The van der Waals surface area contributed by atoms with Gasteiger partial charge in [0.2, 0.25) is 0 Å². The number of nitrogens with one attached hydrogen (secondary N) is 1. The van der Waals surface area contributed by atoms with Gasteiger partial charge >= 0.3 is 0 Å². The number of hydrogen-bond acceptors (Lipinski definition) is 3. The first kappa shape index (κ1) is 15.9. The molecule has 7 heteroatoms. The van der Waals surface area contributed by atoms with Crippen LogP contribution >= 0.6 is 0 Å². The Morgan fingerprint density at radius 1 is 1.21 bits per heavy atom. The van der Waals surface area contributed by atoms with E-state index in [-0.39, 0.29) is 11.4 Å². The molecule has 2 aromatic heterocycles. The average Bonchev–Trinajstić information content (AvgIpc) is 2.95. The second-order valence-corrected chi connectivity index (χ2v) is 5.67. The summed E-state index contributed by atoms with van der Waals surface area (Å²) in [6, 6.07) is 5.72. The Labute approximate surface area is 138 Å². The molecular formula is C17H18FN5O. The highest BCUT2D eigenvalue weighted by Crippen LogP contribution is 2.21. The highest BCUT2D eigenvalue weighted by atomic mass is 19.1. The van der Waals surface area contributed by atoms with E-state index in [1.54, 1.807) is 30.0 Å². The normalized spacial score (nSPS) is 11.5. The Kier molecular flexibility index (Phi) is 3.92. The van der Waals surface area contributed by atoms with Crippen molar-refractivity contribution >= 4 is 11.9 Å². The molecule has 0 aliphatic heterocycles. The number of aliphatic imine (C=N–C) groups is 1. The van der Waals surface area contributed by atoms with Crippen LogP contribution in [-0.4, -0.2) is 25.8 Å². The topological polar surface area (TPSA) is 68.0 Å². The van der Waals surface area contributed by atoms with Crippen LogP contribution in [0.3, 0.4) is 0 Å². The van der Waals surface area contributed by atoms with Gasteiger partial charge < -0.3 is 0 Å². The van der Waals surface area contributed by atoms with Crippen molar-refractivity contribution in [2.75, 3.05) is 0 Å². The van der Waals surface area contributed by atoms with Crippen molar-refractivity contribution < 1.29 is 4.39 Å². The number of nitrogens with zero attached hydrogens (tertiary/aromatic N) is 4. The quantitative estimate of drug-likeness (QED) is 0.752. The summed E-state index contributed by atoms with van der Waals surface area (Å²) in [4.78, 5) is 17.0. The first-order chi connectivity index (χ1) is 11.4. The number of benzene rings is 1. The van der Waals surface area contributed by atoms with Crippen LogP contribution in [0, 0.1) is 26.6 Å². The molecule has 0 saturated heterocycles. The highest BCUT2D eigenvalue weighted by molar-refractivity contribution is 5.83. The van der Waals surface area contributed by atoms with Crippen LogP contribution in [0.15, 0.2) is 34.1 Å². The molecule has 0 spiro atoms. The molecule has 0 aliphatic carbocycles. The van der Waals surface area contributed by atoms with E-state index in [9.17, 15) is 9.18 Å². The summed E-state index contributed by atoms with van der Waals surface area (Å²) in [7, 11) is 1.85. The molecule has 124 valence electrons. The number of H-pyrrole nitrogens is 1. The summed E-state index contributed by atoms with van der Waals surface area (Å²) in [5.41, 5.74) is 3.97. The first-order valence-corrected chi connectivity index (χ1v) is 7.50. The summed E-state index contributed by atoms with van der Waals surface area (Å²) >= 11 is 0. The predicted octanol–water partition coefficient (Wildman–Crippen LogP) is 2.71. The van der Waals surface area contributed by atoms with Gasteiger partial charge in [-0.2, -0.15) is 5.10 Å². The molecule has 1 aromatic carbocycles. The van der Waals surface area contributed by atoms with E-state index >= 15 is 0 Å². The Bertz CT molecular complexity index is 976. The van der Waals surface area contributed by atoms with Gasteiger partial charge in [-0.05, 0) is 45.0 Å². The zero-order valence-corrected chi connectivity index (χ0v) is 14.0. The molecule has 0 fully saturated rings. The fourth-order valence-corrected chi connectivity index (χ4v) is 2.56. The fraction of sp³-hybridized carbons (Fsp3) is 0.235. The lowest BCUT2D eigenvalue weighted by Gasteiger charge is -2.00. The van der Waals surface area contributed by atoms with E-state index in [0.29, 0.717) is 16.9 Å². The second kappa shape index (κ2) is 5.92. The lowest BCUT2D eigenvalue weighted by atomic mass is 10.2. The van der Waals surface area contributed by atoms with E-state index in [1.165, 1.54) is 16.8 Å². The van der Waals surface area contributed by atoms with Crippen LogP contribution in [-0.2, 0) is 7.05 Å². The fourth-order valence-electron chi connectivity index (χ4n) is 2.56. The van der Waals surface area contributed by atoms with E-state index in [2.05, 4.69) is 15.2 Å². The van der Waals surface area contributed by atoms with Crippen LogP contribution in [0.2, 0.25) is 0 Å². The van der Waals surface area contributed by atoms with Gasteiger partial charge in [-0.1, -0.05) is 0 Å². The second-order valence-electron chi connectivity index (χ2n) is 5.67. The van der Waals surface area contributed by atoms with Crippen molar-refractivity contribution in [2.24, 2.45) is 12.0 Å². The lowest BCUT2D eigenvalue weighted by molar-refractivity contribution is 0.627. The maximum Gasteiger partial charge on any atom is 0.280 e. The van der Waals surface area contributed by atoms with Crippen LogP contribution in [0.1, 0.15) is 22.6 Å². The predicted molar refractivity (Wildman–Crippen MR) is 91.0 cm³/mol. The maximum atomic E-state index is 13.0. The summed E-state index contributed by atoms with van der Waals surface area (Å²) in [6.07, 6.45) is 1.55. The third-order valence-corrected chi connectivity index (χ3v) is 4.00. The molecule has 0 aliphatic rings. The highest BCUT2D eigenvalue weighted by Gasteiger charge is 2.12. The van der Waals surface area contributed by atoms with E-state index < -0.39 is 0 Å². The minimum Gasteiger partial charge on any atom is -0.295 e. The number of hydrogen-bond donors (Lipinski definition) is 1. The summed E-state index contributed by atoms with van der Waals surface area (Å²) < 4.78 is 16.2. The Morgan fingerprint density at radius 3 is 2.46 bits per heavy atom. The molecule has 24 heavy (non-hydrogen) atoms. The number of aryl methyl sites for hydroxylation is 3. The summed E-state index contributed by atoms with van der Waals surface area (Å²) in [5.74, 6) is -0.348. The molecule has 3 rings (SSSR count). The third-order valence-electron chi connectivity index (χ3n) is 4.00. The molecule has 0 saturated carbocycles. The molecular weight excluding hydrogens is 309 g/mol. The van der Waals surface area contributed by atoms with Crippen LogP contribution < -0.4 is 5.56 Å². The van der Waals surface area contributed by atoms with Gasteiger partial charge in [0, 0.05) is 19.0 Å². The molecule has 0 bridgehead atoms. The van der Waals surface area contributed by atoms with Crippen LogP contribution in [0.5, 0.6) is 0 Å². The van der Waals surface area contributed by atoms with Crippen molar-refractivity contribution in [1.82, 2.24) is 19.6 Å². The minimum absolute atomic E-state index is 0.234. The molecule has 6 nitrogen and oxygen atoms in total. The van der Waals surface area contributed by atoms with E-state index in [4.69, 9.17) is 0 Å². The monoisotopic (exact) mass is 327 g/mol. The van der Waals surface area contributed by atoms with Gasteiger partial charge in [-0.3, -0.25) is 19.6 Å². The SMILES string of the molecule is Cc1nn(C)c(C)c1N=Cc1c(C)[nH]n(-c2ccc(F)cc2)c1=O. The molecule has 1 N–H and O–H groups in total. The van der Waals surface area contributed by atoms with Gasteiger partial charge in [0.25, 0.3) is 5.56 Å². The van der Waals surface area contributed by atoms with Gasteiger partial charge in [0.1, 0.15) is 11.5 Å². The van der Waals surface area contributed by atoms with Gasteiger partial charge in [0.15, 0.2) is 0 Å². The lowest BCUT2D eigenvalue weighted by Crippen LogP contribution is -2.17. The standard InChI is InChI=1S/C17H18FN5O/c1-10-15(9-19-16-11(2)20-22(4)12(16)3)17(24)23(21-10)14-7-5-13(18)6-8-14/h5-9,21H,1-4H3. The molecule has 0 radical (unpaired) electrons. The number of aromatic nitrogens is 4. The minimum atomic E-state index is -0.348. The van der Waals surface area contributed by atoms with Crippen LogP contribution in [0.4, 0.5) is 10.1 Å². The van der Waals surface area contributed by atoms with Crippen LogP contribution in [0.25, 0.3) is 5.69 Å². The zero-order valence-electron chi connectivity index (χ0n) is 14.0. The van der Waals surface area contributed by atoms with Crippen molar-refractivity contribution in [1.29, 1.82) is 0 Å². The molecule has 2 heterocycles. The first-order valence-electron chi connectivity index (χ1n) is 7.50. The van der Waals surface area contributed by atoms with Gasteiger partial charge in [-0.25, -0.2) is 9.07 Å². The summed E-state index contributed by atoms with van der Waals surface area (Å²) in [5, 5.41) is 7.29. The Morgan fingerprint density at radius 2 is 1.88 bits per heavy atom. The summed E-state index contributed by atoms with van der Waals surface area (Å²) in [6.45, 7) is 5.60. The third kappa shape index (κ3) is 2.68. The van der Waals surface area contributed by atoms with Gasteiger partial charge in [-0.15, -0.1) is 0 Å². The molecule has 0 amide bonds. The largest absolute Gasteiger partial charge is 0.295 e.